The smallest absolute Gasteiger partial charge is 1.00 e. The summed E-state index contributed by atoms with van der Waals surface area (Å²) in [6.45, 7) is 2.22. The Hall–Kier alpha value is 0.870. The van der Waals surface area contributed by atoms with Crippen molar-refractivity contribution >= 4 is 10.1 Å². The molecule has 0 aliphatic rings. The summed E-state index contributed by atoms with van der Waals surface area (Å²) in [5.74, 6) is 4.68. The molecule has 0 radical (unpaired) electrons. The predicted octanol–water partition coefficient (Wildman–Crippen LogP) is 0.244. The molecule has 4 nitrogen and oxygen atoms in total. The quantitative estimate of drug-likeness (QED) is 0.317. The molecule has 0 atom stereocenters. The SMILES string of the molecule is CCCCCCCCCCCCS(=O)(=O)ON.[H-].[Na+]. The van der Waals surface area contributed by atoms with E-state index in [0.29, 0.717) is 6.42 Å². The van der Waals surface area contributed by atoms with Crippen LogP contribution in [0.3, 0.4) is 0 Å². The Morgan fingerprint density at radius 1 is 0.889 bits per heavy atom. The Bertz CT molecular complexity index is 264. The van der Waals surface area contributed by atoms with Crippen molar-refractivity contribution in [3.63, 3.8) is 0 Å². The summed E-state index contributed by atoms with van der Waals surface area (Å²) in [7, 11) is -3.45. The predicted molar refractivity (Wildman–Crippen MR) is 72.0 cm³/mol. The van der Waals surface area contributed by atoms with Gasteiger partial charge in [-0.1, -0.05) is 64.7 Å². The molecule has 0 aromatic heterocycles. The molecule has 6 heteroatoms. The van der Waals surface area contributed by atoms with Crippen LogP contribution < -0.4 is 35.5 Å². The molecule has 0 amide bonds. The van der Waals surface area contributed by atoms with E-state index in [2.05, 4.69) is 17.1 Å². The maximum atomic E-state index is 10.9. The number of unbranched alkanes of at least 4 members (excludes halogenated alkanes) is 9. The topological polar surface area (TPSA) is 69.4 Å². The van der Waals surface area contributed by atoms with Gasteiger partial charge in [-0.05, 0) is 6.42 Å². The van der Waals surface area contributed by atoms with E-state index < -0.39 is 10.1 Å². The van der Waals surface area contributed by atoms with Gasteiger partial charge in [0, 0.05) is 0 Å². The van der Waals surface area contributed by atoms with Gasteiger partial charge in [-0.3, -0.25) is 0 Å². The molecule has 0 unspecified atom stereocenters. The first-order chi connectivity index (χ1) is 8.12. The van der Waals surface area contributed by atoms with Crippen molar-refractivity contribution in [2.75, 3.05) is 5.75 Å². The standard InChI is InChI=1S/C12H27NO3S.Na.H/c1-2-3-4-5-6-7-8-9-10-11-12-17(14,15)16-13;;/h2-13H2,1H3;;/q;+1;-1. The molecule has 0 spiro atoms. The van der Waals surface area contributed by atoms with Crippen LogP contribution in [0.2, 0.25) is 0 Å². The van der Waals surface area contributed by atoms with Crippen LogP contribution in [-0.2, 0) is 14.4 Å². The maximum absolute atomic E-state index is 10.9. The zero-order valence-corrected chi connectivity index (χ0v) is 14.8. The number of hydrogen-bond acceptors (Lipinski definition) is 4. The molecule has 0 aromatic rings. The van der Waals surface area contributed by atoms with E-state index in [1.807, 2.05) is 0 Å². The summed E-state index contributed by atoms with van der Waals surface area (Å²) >= 11 is 0. The Labute approximate surface area is 136 Å². The first-order valence-electron chi connectivity index (χ1n) is 6.73. The van der Waals surface area contributed by atoms with Crippen LogP contribution in [-0.4, -0.2) is 14.2 Å². The summed E-state index contributed by atoms with van der Waals surface area (Å²) in [5, 5.41) is 0. The van der Waals surface area contributed by atoms with Crippen molar-refractivity contribution in [2.45, 2.75) is 71.1 Å². The molecule has 106 valence electrons. The summed E-state index contributed by atoms with van der Waals surface area (Å²) in [4.78, 5) is 0. The molecule has 0 fully saturated rings. The maximum Gasteiger partial charge on any atom is 1.00 e. The summed E-state index contributed by atoms with van der Waals surface area (Å²) in [5.41, 5.74) is 0. The molecule has 0 aromatic carbocycles. The molecule has 18 heavy (non-hydrogen) atoms. The third-order valence-electron chi connectivity index (χ3n) is 2.89. The number of nitrogens with two attached hydrogens (primary N) is 1. The van der Waals surface area contributed by atoms with Crippen molar-refractivity contribution in [2.24, 2.45) is 5.90 Å². The van der Waals surface area contributed by atoms with E-state index in [4.69, 9.17) is 0 Å². The third kappa shape index (κ3) is 14.9. The molecular formula is C12H28NNaO3S. The molecule has 0 heterocycles. The van der Waals surface area contributed by atoms with Gasteiger partial charge in [-0.2, -0.15) is 18.6 Å². The Morgan fingerprint density at radius 3 is 1.67 bits per heavy atom. The average Bonchev–Trinajstić information content (AvgIpc) is 2.31. The second-order valence-corrected chi connectivity index (χ2v) is 6.26. The van der Waals surface area contributed by atoms with Crippen LogP contribution in [0.15, 0.2) is 0 Å². The second-order valence-electron chi connectivity index (χ2n) is 4.54. The van der Waals surface area contributed by atoms with Crippen LogP contribution in [0, 0.1) is 0 Å². The van der Waals surface area contributed by atoms with E-state index in [-0.39, 0.29) is 36.7 Å². The van der Waals surface area contributed by atoms with E-state index in [9.17, 15) is 8.42 Å². The number of hydrogen-bond donors (Lipinski definition) is 1. The fourth-order valence-corrected chi connectivity index (χ4v) is 2.47. The first kappa shape index (κ1) is 21.2. The van der Waals surface area contributed by atoms with Crippen LogP contribution in [0.4, 0.5) is 0 Å². The van der Waals surface area contributed by atoms with Crippen molar-refractivity contribution in [3.8, 4) is 0 Å². The Kier molecular flexibility index (Phi) is 16.8. The fraction of sp³-hybridized carbons (Fsp3) is 1.00. The summed E-state index contributed by atoms with van der Waals surface area (Å²) in [6, 6.07) is 0. The second kappa shape index (κ2) is 14.3. The molecule has 0 saturated heterocycles. The largest absolute Gasteiger partial charge is 1.00 e. The van der Waals surface area contributed by atoms with Crippen LogP contribution in [0.25, 0.3) is 0 Å². The van der Waals surface area contributed by atoms with Gasteiger partial charge in [0.2, 0.25) is 0 Å². The molecule has 2 N–H and O–H groups in total. The zero-order chi connectivity index (χ0) is 13.0. The van der Waals surface area contributed by atoms with Gasteiger partial charge in [0.15, 0.2) is 0 Å². The Morgan fingerprint density at radius 2 is 1.28 bits per heavy atom. The minimum absolute atomic E-state index is 0. The van der Waals surface area contributed by atoms with Gasteiger partial charge in [0.05, 0.1) is 5.75 Å². The normalized spacial score (nSPS) is 11.2. The molecule has 0 aliphatic carbocycles. The van der Waals surface area contributed by atoms with E-state index in [1.54, 1.807) is 0 Å². The third-order valence-corrected chi connectivity index (χ3v) is 3.98. The minimum atomic E-state index is -3.45. The van der Waals surface area contributed by atoms with Crippen LogP contribution in [0.5, 0.6) is 0 Å². The monoisotopic (exact) mass is 289 g/mol. The van der Waals surface area contributed by atoms with Crippen molar-refractivity contribution in [1.29, 1.82) is 0 Å². The summed E-state index contributed by atoms with van der Waals surface area (Å²) in [6.07, 6.45) is 11.8. The molecule has 0 bridgehead atoms. The molecule has 0 aliphatic heterocycles. The molecular weight excluding hydrogens is 261 g/mol. The van der Waals surface area contributed by atoms with Gasteiger partial charge in [0.1, 0.15) is 0 Å². The average molecular weight is 289 g/mol. The minimum Gasteiger partial charge on any atom is -1.00 e. The summed E-state index contributed by atoms with van der Waals surface area (Å²) < 4.78 is 25.7. The van der Waals surface area contributed by atoms with Crippen LogP contribution >= 0.6 is 0 Å². The fourth-order valence-electron chi connectivity index (χ4n) is 1.81. The Balaban J connectivity index is -0.00000128. The van der Waals surface area contributed by atoms with Crippen LogP contribution in [0.1, 0.15) is 72.6 Å². The van der Waals surface area contributed by atoms with E-state index >= 15 is 0 Å². The van der Waals surface area contributed by atoms with Gasteiger partial charge in [0.25, 0.3) is 10.1 Å². The van der Waals surface area contributed by atoms with Gasteiger partial charge in [-0.15, -0.1) is 0 Å². The van der Waals surface area contributed by atoms with Gasteiger partial charge >= 0.3 is 29.6 Å². The van der Waals surface area contributed by atoms with Crippen molar-refractivity contribution < 1.29 is 43.7 Å². The first-order valence-corrected chi connectivity index (χ1v) is 8.31. The van der Waals surface area contributed by atoms with E-state index in [1.165, 1.54) is 44.9 Å². The van der Waals surface area contributed by atoms with Crippen molar-refractivity contribution in [1.82, 2.24) is 0 Å². The molecule has 0 saturated carbocycles. The molecule has 0 rings (SSSR count). The van der Waals surface area contributed by atoms with Gasteiger partial charge in [-0.25, -0.2) is 0 Å². The number of rotatable bonds is 12. The van der Waals surface area contributed by atoms with Gasteiger partial charge < -0.3 is 1.43 Å². The van der Waals surface area contributed by atoms with E-state index in [0.717, 1.165) is 12.8 Å². The zero-order valence-electron chi connectivity index (χ0n) is 13.0. The van der Waals surface area contributed by atoms with Crippen molar-refractivity contribution in [3.05, 3.63) is 0 Å².